The van der Waals surface area contributed by atoms with E-state index in [-0.39, 0.29) is 10.9 Å². The molecule has 0 aliphatic heterocycles. The average molecular weight is 300 g/mol. The molecule has 1 N–H and O–H groups in total. The zero-order valence-corrected chi connectivity index (χ0v) is 11.7. The van der Waals surface area contributed by atoms with Gasteiger partial charge in [0, 0.05) is 5.56 Å². The maximum atomic E-state index is 12.5. The molecule has 0 atom stereocenters. The van der Waals surface area contributed by atoms with Crippen LogP contribution in [-0.4, -0.2) is 13.4 Å². The van der Waals surface area contributed by atoms with Crippen LogP contribution in [0.3, 0.4) is 0 Å². The van der Waals surface area contributed by atoms with Crippen LogP contribution in [0.4, 0.5) is 6.01 Å². The number of hydrogen-bond donors (Lipinski definition) is 1. The second-order valence-electron chi connectivity index (χ2n) is 4.30. The quantitative estimate of drug-likeness (QED) is 0.803. The lowest BCUT2D eigenvalue weighted by atomic mass is 10.1. The molecule has 0 aliphatic rings. The molecule has 0 fully saturated rings. The second-order valence-corrected chi connectivity index (χ2v) is 5.96. The van der Waals surface area contributed by atoms with Gasteiger partial charge in [0.25, 0.3) is 10.0 Å². The summed E-state index contributed by atoms with van der Waals surface area (Å²) in [5.41, 5.74) is 1.45. The summed E-state index contributed by atoms with van der Waals surface area (Å²) in [6.45, 7) is 0. The zero-order valence-electron chi connectivity index (χ0n) is 10.9. The summed E-state index contributed by atoms with van der Waals surface area (Å²) in [4.78, 5) is 3.95. The van der Waals surface area contributed by atoms with Crippen LogP contribution in [0.2, 0.25) is 0 Å². The van der Waals surface area contributed by atoms with Crippen molar-refractivity contribution in [2.45, 2.75) is 4.90 Å². The van der Waals surface area contributed by atoms with Gasteiger partial charge in [0.1, 0.15) is 6.26 Å². The number of nitrogens with zero attached hydrogens (tertiary/aromatic N) is 1. The lowest BCUT2D eigenvalue weighted by Gasteiger charge is -2.10. The number of oxazole rings is 1. The van der Waals surface area contributed by atoms with E-state index in [0.29, 0.717) is 5.56 Å². The molecule has 0 unspecified atom stereocenters. The molecule has 1 aromatic heterocycles. The van der Waals surface area contributed by atoms with E-state index >= 15 is 0 Å². The van der Waals surface area contributed by atoms with Gasteiger partial charge in [-0.3, -0.25) is 0 Å². The molecule has 3 rings (SSSR count). The predicted octanol–water partition coefficient (Wildman–Crippen LogP) is 3.14. The lowest BCUT2D eigenvalue weighted by molar-refractivity contribution is 0.570. The van der Waals surface area contributed by atoms with Crippen LogP contribution in [0.25, 0.3) is 11.1 Å². The maximum absolute atomic E-state index is 12.5. The average Bonchev–Trinajstić information content (AvgIpc) is 3.00. The fourth-order valence-corrected chi connectivity index (χ4v) is 3.17. The van der Waals surface area contributed by atoms with Crippen molar-refractivity contribution in [3.8, 4) is 11.1 Å². The molecule has 3 aromatic rings. The monoisotopic (exact) mass is 300 g/mol. The smallest absolute Gasteiger partial charge is 0.308 e. The van der Waals surface area contributed by atoms with Gasteiger partial charge in [-0.1, -0.05) is 48.5 Å². The number of anilines is 1. The van der Waals surface area contributed by atoms with Gasteiger partial charge in [-0.15, -0.1) is 0 Å². The van der Waals surface area contributed by atoms with Crippen LogP contribution in [0, 0.1) is 0 Å². The van der Waals surface area contributed by atoms with E-state index in [1.807, 2.05) is 30.3 Å². The van der Waals surface area contributed by atoms with Crippen LogP contribution in [-0.2, 0) is 10.0 Å². The SMILES string of the molecule is O=S(=O)(Nc1ncco1)c1ccccc1-c1ccccc1. The highest BCUT2D eigenvalue weighted by Gasteiger charge is 2.20. The molecule has 0 radical (unpaired) electrons. The minimum atomic E-state index is -3.77. The van der Waals surface area contributed by atoms with Crippen LogP contribution >= 0.6 is 0 Å². The second kappa shape index (κ2) is 5.41. The molecule has 2 aromatic carbocycles. The third kappa shape index (κ3) is 2.80. The Hall–Kier alpha value is -2.60. The predicted molar refractivity (Wildman–Crippen MR) is 79.2 cm³/mol. The van der Waals surface area contributed by atoms with Crippen molar-refractivity contribution in [2.24, 2.45) is 0 Å². The lowest BCUT2D eigenvalue weighted by Crippen LogP contribution is -2.14. The summed E-state index contributed by atoms with van der Waals surface area (Å²) in [7, 11) is -3.77. The number of nitrogens with one attached hydrogen (secondary N) is 1. The first-order valence-electron chi connectivity index (χ1n) is 6.23. The van der Waals surface area contributed by atoms with Gasteiger partial charge in [0.2, 0.25) is 0 Å². The highest BCUT2D eigenvalue weighted by Crippen LogP contribution is 2.28. The summed E-state index contributed by atoms with van der Waals surface area (Å²) in [5, 5.41) is 0. The van der Waals surface area contributed by atoms with Crippen molar-refractivity contribution in [3.05, 3.63) is 67.1 Å². The Morgan fingerprint density at radius 2 is 1.67 bits per heavy atom. The minimum Gasteiger partial charge on any atom is -0.432 e. The summed E-state index contributed by atoms with van der Waals surface area (Å²) in [6, 6.07) is 16.1. The van der Waals surface area contributed by atoms with Gasteiger partial charge in [0.15, 0.2) is 0 Å². The Kier molecular flexibility index (Phi) is 3.45. The number of aromatic nitrogens is 1. The first kappa shape index (κ1) is 13.4. The normalized spacial score (nSPS) is 11.2. The number of benzene rings is 2. The standard InChI is InChI=1S/C15H12N2O3S/c18-21(19,17-15-16-10-11-20-15)14-9-5-4-8-13(14)12-6-2-1-3-7-12/h1-11H,(H,16,17). The summed E-state index contributed by atoms with van der Waals surface area (Å²) in [6.07, 6.45) is 2.68. The zero-order chi connectivity index (χ0) is 14.7. The van der Waals surface area contributed by atoms with Gasteiger partial charge in [-0.2, -0.15) is 0 Å². The van der Waals surface area contributed by atoms with Crippen molar-refractivity contribution in [1.82, 2.24) is 4.98 Å². The molecular formula is C15H12N2O3S. The van der Waals surface area contributed by atoms with Crippen molar-refractivity contribution < 1.29 is 12.8 Å². The Morgan fingerprint density at radius 1 is 0.952 bits per heavy atom. The molecule has 0 saturated carbocycles. The molecule has 106 valence electrons. The first-order valence-corrected chi connectivity index (χ1v) is 7.72. The van der Waals surface area contributed by atoms with Crippen molar-refractivity contribution in [2.75, 3.05) is 4.72 Å². The summed E-state index contributed by atoms with van der Waals surface area (Å²) in [5.74, 6) is 0. The largest absolute Gasteiger partial charge is 0.432 e. The summed E-state index contributed by atoms with van der Waals surface area (Å²) < 4.78 is 32.2. The van der Waals surface area contributed by atoms with Crippen LogP contribution < -0.4 is 4.72 Å². The van der Waals surface area contributed by atoms with E-state index < -0.39 is 10.0 Å². The Balaban J connectivity index is 2.07. The van der Waals surface area contributed by atoms with Gasteiger partial charge >= 0.3 is 6.01 Å². The fourth-order valence-electron chi connectivity index (χ4n) is 2.00. The molecule has 21 heavy (non-hydrogen) atoms. The number of sulfonamides is 1. The summed E-state index contributed by atoms with van der Waals surface area (Å²) >= 11 is 0. The number of hydrogen-bond acceptors (Lipinski definition) is 4. The molecule has 1 heterocycles. The molecule has 0 aliphatic carbocycles. The van der Waals surface area contributed by atoms with E-state index in [4.69, 9.17) is 4.42 Å². The molecular weight excluding hydrogens is 288 g/mol. The molecule has 0 saturated heterocycles. The fraction of sp³-hybridized carbons (Fsp3) is 0. The van der Waals surface area contributed by atoms with Crippen LogP contribution in [0.15, 0.2) is 76.4 Å². The Labute approximate surface area is 122 Å². The third-order valence-electron chi connectivity index (χ3n) is 2.92. The highest BCUT2D eigenvalue weighted by atomic mass is 32.2. The van der Waals surface area contributed by atoms with E-state index in [1.54, 1.807) is 24.3 Å². The molecule has 0 spiro atoms. The van der Waals surface area contributed by atoms with Gasteiger partial charge in [-0.25, -0.2) is 18.1 Å². The molecule has 5 nitrogen and oxygen atoms in total. The molecule has 6 heteroatoms. The van der Waals surface area contributed by atoms with E-state index in [1.165, 1.54) is 12.5 Å². The molecule has 0 bridgehead atoms. The van der Waals surface area contributed by atoms with Crippen molar-refractivity contribution in [3.63, 3.8) is 0 Å². The van der Waals surface area contributed by atoms with Gasteiger partial charge < -0.3 is 4.42 Å². The minimum absolute atomic E-state index is 0.0575. The Bertz CT molecular complexity index is 828. The van der Waals surface area contributed by atoms with E-state index in [0.717, 1.165) is 5.56 Å². The van der Waals surface area contributed by atoms with Gasteiger partial charge in [0.05, 0.1) is 11.1 Å². The van der Waals surface area contributed by atoms with Crippen LogP contribution in [0.5, 0.6) is 0 Å². The number of rotatable bonds is 4. The highest BCUT2D eigenvalue weighted by molar-refractivity contribution is 7.92. The van der Waals surface area contributed by atoms with Gasteiger partial charge in [-0.05, 0) is 11.6 Å². The third-order valence-corrected chi connectivity index (χ3v) is 4.29. The van der Waals surface area contributed by atoms with E-state index in [9.17, 15) is 8.42 Å². The van der Waals surface area contributed by atoms with E-state index in [2.05, 4.69) is 9.71 Å². The van der Waals surface area contributed by atoms with Crippen molar-refractivity contribution >= 4 is 16.0 Å². The topological polar surface area (TPSA) is 72.2 Å². The maximum Gasteiger partial charge on any atom is 0.308 e. The van der Waals surface area contributed by atoms with Crippen molar-refractivity contribution in [1.29, 1.82) is 0 Å². The molecule has 0 amide bonds. The first-order chi connectivity index (χ1) is 10.2. The Morgan fingerprint density at radius 3 is 2.38 bits per heavy atom. The van der Waals surface area contributed by atoms with Crippen LogP contribution in [0.1, 0.15) is 0 Å².